The fraction of sp³-hybridized carbons (Fsp3) is 0.556. The van der Waals surface area contributed by atoms with E-state index in [-0.39, 0.29) is 5.54 Å². The SMILES string of the molecule is NC1(Cc2csc(Cl)c2)CCC1. The van der Waals surface area contributed by atoms with Crippen LogP contribution in [0.2, 0.25) is 4.34 Å². The van der Waals surface area contributed by atoms with E-state index in [9.17, 15) is 0 Å². The molecule has 0 amide bonds. The molecule has 1 saturated carbocycles. The molecule has 12 heavy (non-hydrogen) atoms. The normalized spacial score (nSPS) is 20.5. The maximum Gasteiger partial charge on any atom is 0.0931 e. The summed E-state index contributed by atoms with van der Waals surface area (Å²) in [4.78, 5) is 0. The van der Waals surface area contributed by atoms with Crippen LogP contribution in [0.3, 0.4) is 0 Å². The second-order valence-electron chi connectivity index (χ2n) is 3.65. The summed E-state index contributed by atoms with van der Waals surface area (Å²) >= 11 is 7.42. The highest BCUT2D eigenvalue weighted by atomic mass is 35.5. The first-order valence-corrected chi connectivity index (χ1v) is 5.46. The highest BCUT2D eigenvalue weighted by molar-refractivity contribution is 7.14. The quantitative estimate of drug-likeness (QED) is 0.783. The Kier molecular flexibility index (Phi) is 2.15. The van der Waals surface area contributed by atoms with Gasteiger partial charge >= 0.3 is 0 Å². The number of hydrogen-bond acceptors (Lipinski definition) is 2. The first-order chi connectivity index (χ1) is 5.68. The average molecular weight is 202 g/mol. The van der Waals surface area contributed by atoms with Crippen molar-refractivity contribution in [1.82, 2.24) is 0 Å². The van der Waals surface area contributed by atoms with Crippen molar-refractivity contribution in [2.75, 3.05) is 0 Å². The maximum atomic E-state index is 6.11. The third-order valence-corrected chi connectivity index (χ3v) is 3.67. The lowest BCUT2D eigenvalue weighted by molar-refractivity contribution is 0.247. The summed E-state index contributed by atoms with van der Waals surface area (Å²) in [6.07, 6.45) is 4.62. The van der Waals surface area contributed by atoms with Crippen LogP contribution >= 0.6 is 22.9 Å². The number of nitrogens with two attached hydrogens (primary N) is 1. The van der Waals surface area contributed by atoms with E-state index in [1.807, 2.05) is 6.07 Å². The molecule has 2 rings (SSSR count). The molecular weight excluding hydrogens is 190 g/mol. The molecule has 1 aliphatic rings. The van der Waals surface area contributed by atoms with Gasteiger partial charge in [0.15, 0.2) is 0 Å². The maximum absolute atomic E-state index is 6.11. The lowest BCUT2D eigenvalue weighted by Gasteiger charge is -2.38. The lowest BCUT2D eigenvalue weighted by Crippen LogP contribution is -2.48. The van der Waals surface area contributed by atoms with Gasteiger partial charge in [0.05, 0.1) is 4.34 Å². The Morgan fingerprint density at radius 2 is 2.33 bits per heavy atom. The summed E-state index contributed by atoms with van der Waals surface area (Å²) in [5.74, 6) is 0. The van der Waals surface area contributed by atoms with Gasteiger partial charge in [-0.2, -0.15) is 0 Å². The van der Waals surface area contributed by atoms with Crippen LogP contribution in [0.1, 0.15) is 24.8 Å². The van der Waals surface area contributed by atoms with E-state index in [1.165, 1.54) is 24.8 Å². The predicted molar refractivity (Wildman–Crippen MR) is 53.8 cm³/mol. The van der Waals surface area contributed by atoms with E-state index in [2.05, 4.69) is 5.38 Å². The Hall–Kier alpha value is -0.0500. The molecule has 1 aromatic rings. The molecule has 2 N–H and O–H groups in total. The zero-order valence-electron chi connectivity index (χ0n) is 6.85. The van der Waals surface area contributed by atoms with E-state index in [1.54, 1.807) is 11.3 Å². The Bertz CT molecular complexity index is 278. The zero-order valence-corrected chi connectivity index (χ0v) is 8.42. The van der Waals surface area contributed by atoms with Crippen LogP contribution in [0.25, 0.3) is 0 Å². The largest absolute Gasteiger partial charge is 0.325 e. The molecule has 0 radical (unpaired) electrons. The van der Waals surface area contributed by atoms with Crippen molar-refractivity contribution < 1.29 is 0 Å². The summed E-state index contributed by atoms with van der Waals surface area (Å²) in [6.45, 7) is 0. The van der Waals surface area contributed by atoms with E-state index >= 15 is 0 Å². The second-order valence-corrected chi connectivity index (χ2v) is 5.19. The van der Waals surface area contributed by atoms with E-state index in [0.29, 0.717) is 0 Å². The van der Waals surface area contributed by atoms with Gasteiger partial charge in [-0.05, 0) is 42.7 Å². The number of thiophene rings is 1. The van der Waals surface area contributed by atoms with E-state index < -0.39 is 0 Å². The van der Waals surface area contributed by atoms with Crippen LogP contribution < -0.4 is 5.73 Å². The van der Waals surface area contributed by atoms with Crippen molar-refractivity contribution in [2.24, 2.45) is 5.73 Å². The number of halogens is 1. The van der Waals surface area contributed by atoms with E-state index in [0.717, 1.165) is 10.8 Å². The predicted octanol–water partition coefficient (Wildman–Crippen LogP) is 2.83. The van der Waals surface area contributed by atoms with Gasteiger partial charge in [0.2, 0.25) is 0 Å². The summed E-state index contributed by atoms with van der Waals surface area (Å²) in [6, 6.07) is 2.03. The first-order valence-electron chi connectivity index (χ1n) is 4.20. The van der Waals surface area contributed by atoms with Gasteiger partial charge in [0, 0.05) is 5.54 Å². The molecule has 66 valence electrons. The molecule has 0 unspecified atom stereocenters. The molecule has 1 nitrogen and oxygen atoms in total. The zero-order chi connectivity index (χ0) is 8.60. The van der Waals surface area contributed by atoms with Crippen LogP contribution in [-0.4, -0.2) is 5.54 Å². The second kappa shape index (κ2) is 3.02. The Balaban J connectivity index is 2.03. The van der Waals surface area contributed by atoms with Crippen LogP contribution in [0, 0.1) is 0 Å². The Morgan fingerprint density at radius 1 is 1.58 bits per heavy atom. The van der Waals surface area contributed by atoms with Crippen molar-refractivity contribution in [3.63, 3.8) is 0 Å². The van der Waals surface area contributed by atoms with Gasteiger partial charge < -0.3 is 5.73 Å². The average Bonchev–Trinajstić information content (AvgIpc) is 2.32. The third-order valence-electron chi connectivity index (χ3n) is 2.53. The van der Waals surface area contributed by atoms with Crippen LogP contribution in [0.5, 0.6) is 0 Å². The minimum Gasteiger partial charge on any atom is -0.325 e. The molecule has 0 atom stereocenters. The molecule has 0 saturated heterocycles. The summed E-state index contributed by atoms with van der Waals surface area (Å²) in [5, 5.41) is 2.11. The van der Waals surface area contributed by atoms with Gasteiger partial charge in [-0.1, -0.05) is 11.6 Å². The van der Waals surface area contributed by atoms with Gasteiger partial charge in [-0.25, -0.2) is 0 Å². The highest BCUT2D eigenvalue weighted by Gasteiger charge is 2.32. The topological polar surface area (TPSA) is 26.0 Å². The van der Waals surface area contributed by atoms with Crippen molar-refractivity contribution in [3.05, 3.63) is 21.3 Å². The molecular formula is C9H12ClNS. The minimum atomic E-state index is 0.0877. The van der Waals surface area contributed by atoms with Gasteiger partial charge in [-0.15, -0.1) is 11.3 Å². The summed E-state index contributed by atoms with van der Waals surface area (Å²) in [7, 11) is 0. The van der Waals surface area contributed by atoms with E-state index in [4.69, 9.17) is 17.3 Å². The molecule has 0 bridgehead atoms. The monoisotopic (exact) mass is 201 g/mol. The molecule has 1 fully saturated rings. The standard InChI is InChI=1S/C9H12ClNS/c10-8-4-7(6-12-8)5-9(11)2-1-3-9/h4,6H,1-3,5,11H2. The number of hydrogen-bond donors (Lipinski definition) is 1. The summed E-state index contributed by atoms with van der Waals surface area (Å²) in [5.41, 5.74) is 7.49. The van der Waals surface area contributed by atoms with Gasteiger partial charge in [0.1, 0.15) is 0 Å². The van der Waals surface area contributed by atoms with Crippen molar-refractivity contribution in [3.8, 4) is 0 Å². The number of rotatable bonds is 2. The fourth-order valence-electron chi connectivity index (χ4n) is 1.65. The van der Waals surface area contributed by atoms with Crippen LogP contribution in [0.4, 0.5) is 0 Å². The van der Waals surface area contributed by atoms with Crippen molar-refractivity contribution >= 4 is 22.9 Å². The Labute approximate surface area is 81.5 Å². The molecule has 0 spiro atoms. The third kappa shape index (κ3) is 1.65. The fourth-order valence-corrected chi connectivity index (χ4v) is 2.56. The smallest absolute Gasteiger partial charge is 0.0931 e. The first kappa shape index (κ1) is 8.54. The van der Waals surface area contributed by atoms with Gasteiger partial charge in [0.25, 0.3) is 0 Å². The molecule has 0 aliphatic heterocycles. The molecule has 1 aliphatic carbocycles. The molecule has 3 heteroatoms. The molecule has 1 heterocycles. The Morgan fingerprint density at radius 3 is 2.75 bits per heavy atom. The highest BCUT2D eigenvalue weighted by Crippen LogP contribution is 2.33. The van der Waals surface area contributed by atoms with Crippen molar-refractivity contribution in [1.29, 1.82) is 0 Å². The van der Waals surface area contributed by atoms with Gasteiger partial charge in [-0.3, -0.25) is 0 Å². The lowest BCUT2D eigenvalue weighted by atomic mass is 9.74. The minimum absolute atomic E-state index is 0.0877. The molecule has 0 aromatic carbocycles. The van der Waals surface area contributed by atoms with Crippen molar-refractivity contribution in [2.45, 2.75) is 31.2 Å². The summed E-state index contributed by atoms with van der Waals surface area (Å²) < 4.78 is 0.868. The van der Waals surface area contributed by atoms with Crippen LogP contribution in [-0.2, 0) is 6.42 Å². The molecule has 1 aromatic heterocycles. The van der Waals surface area contributed by atoms with Crippen LogP contribution in [0.15, 0.2) is 11.4 Å².